The second-order valence-corrected chi connectivity index (χ2v) is 6.38. The zero-order valence-corrected chi connectivity index (χ0v) is 13.4. The van der Waals surface area contributed by atoms with Gasteiger partial charge >= 0.3 is 0 Å². The molecule has 1 saturated carbocycles. The van der Waals surface area contributed by atoms with Crippen LogP contribution in [0, 0.1) is 17.6 Å². The number of halogens is 3. The molecule has 0 heterocycles. The molecule has 0 radical (unpaired) electrons. The van der Waals surface area contributed by atoms with E-state index in [4.69, 9.17) is 11.6 Å². The van der Waals surface area contributed by atoms with Crippen molar-refractivity contribution in [2.75, 3.05) is 6.54 Å². The Morgan fingerprint density at radius 3 is 2.38 bits per heavy atom. The normalized spacial score (nSPS) is 18.5. The maximum atomic E-state index is 13.6. The summed E-state index contributed by atoms with van der Waals surface area (Å²) in [5, 5.41) is 3.82. The fourth-order valence-corrected chi connectivity index (χ4v) is 3.52. The van der Waals surface area contributed by atoms with Gasteiger partial charge in [-0.1, -0.05) is 44.2 Å². The van der Waals surface area contributed by atoms with E-state index in [0.717, 1.165) is 31.9 Å². The van der Waals surface area contributed by atoms with Gasteiger partial charge in [0, 0.05) is 11.1 Å². The molecule has 1 N–H and O–H groups in total. The molecule has 1 aliphatic rings. The highest BCUT2D eigenvalue weighted by Gasteiger charge is 2.26. The van der Waals surface area contributed by atoms with Crippen LogP contribution < -0.4 is 5.32 Å². The molecule has 0 saturated heterocycles. The second-order valence-electron chi connectivity index (χ2n) is 5.97. The molecule has 1 aromatic rings. The highest BCUT2D eigenvalue weighted by Crippen LogP contribution is 2.37. The van der Waals surface area contributed by atoms with Gasteiger partial charge in [0.05, 0.1) is 0 Å². The van der Waals surface area contributed by atoms with Gasteiger partial charge in [0.2, 0.25) is 0 Å². The van der Waals surface area contributed by atoms with E-state index in [-0.39, 0.29) is 6.04 Å². The van der Waals surface area contributed by atoms with Crippen molar-refractivity contribution in [1.29, 1.82) is 0 Å². The van der Waals surface area contributed by atoms with Crippen LogP contribution in [-0.4, -0.2) is 6.54 Å². The molecule has 1 fully saturated rings. The Morgan fingerprint density at radius 2 is 1.76 bits per heavy atom. The third kappa shape index (κ3) is 4.40. The first-order valence-electron chi connectivity index (χ1n) is 8.01. The molecular formula is C17H24ClF2N. The maximum Gasteiger partial charge on any atom is 0.160 e. The summed E-state index contributed by atoms with van der Waals surface area (Å²) in [7, 11) is 0. The smallest absolute Gasteiger partial charge is 0.160 e. The van der Waals surface area contributed by atoms with Crippen LogP contribution in [-0.2, 0) is 0 Å². The topological polar surface area (TPSA) is 12.0 Å². The lowest BCUT2D eigenvalue weighted by Crippen LogP contribution is -2.29. The van der Waals surface area contributed by atoms with Crippen LogP contribution in [0.3, 0.4) is 0 Å². The van der Waals surface area contributed by atoms with Crippen LogP contribution in [0.5, 0.6) is 0 Å². The number of benzene rings is 1. The number of nitrogens with one attached hydrogen (secondary N) is 1. The predicted molar refractivity (Wildman–Crippen MR) is 83.6 cm³/mol. The molecule has 1 atom stereocenters. The summed E-state index contributed by atoms with van der Waals surface area (Å²) in [5.41, 5.74) is 0.705. The summed E-state index contributed by atoms with van der Waals surface area (Å²) in [6.45, 7) is 2.96. The minimum Gasteiger partial charge on any atom is -0.310 e. The molecule has 0 bridgehead atoms. The molecule has 1 aliphatic carbocycles. The monoisotopic (exact) mass is 315 g/mol. The van der Waals surface area contributed by atoms with E-state index in [9.17, 15) is 8.78 Å². The molecule has 4 heteroatoms. The zero-order chi connectivity index (χ0) is 15.2. The lowest BCUT2D eigenvalue weighted by Gasteiger charge is -2.28. The first-order chi connectivity index (χ1) is 10.1. The van der Waals surface area contributed by atoms with E-state index in [2.05, 4.69) is 12.2 Å². The molecule has 1 unspecified atom stereocenters. The summed E-state index contributed by atoms with van der Waals surface area (Å²) < 4.78 is 26.9. The highest BCUT2D eigenvalue weighted by atomic mass is 35.5. The van der Waals surface area contributed by atoms with E-state index in [0.29, 0.717) is 16.5 Å². The van der Waals surface area contributed by atoms with Crippen molar-refractivity contribution in [3.8, 4) is 0 Å². The summed E-state index contributed by atoms with van der Waals surface area (Å²) in [4.78, 5) is 0. The zero-order valence-electron chi connectivity index (χ0n) is 12.6. The minimum atomic E-state index is -0.876. The SMILES string of the molecule is CCCNC(c1cc(F)c(F)cc1Cl)C1CCCCCC1. The minimum absolute atomic E-state index is 0.0191. The molecule has 1 nitrogen and oxygen atoms in total. The van der Waals surface area contributed by atoms with Crippen molar-refractivity contribution in [2.24, 2.45) is 5.92 Å². The Labute approximate surface area is 131 Å². The Balaban J connectivity index is 2.27. The van der Waals surface area contributed by atoms with E-state index in [1.165, 1.54) is 31.7 Å². The molecule has 1 aromatic carbocycles. The lowest BCUT2D eigenvalue weighted by molar-refractivity contribution is 0.324. The quantitative estimate of drug-likeness (QED) is 0.548. The van der Waals surface area contributed by atoms with Gasteiger partial charge in [-0.3, -0.25) is 0 Å². The molecule has 118 valence electrons. The molecule has 0 spiro atoms. The Hall–Kier alpha value is -0.670. The van der Waals surface area contributed by atoms with Crippen molar-refractivity contribution in [2.45, 2.75) is 57.9 Å². The number of hydrogen-bond acceptors (Lipinski definition) is 1. The van der Waals surface area contributed by atoms with E-state index < -0.39 is 11.6 Å². The van der Waals surface area contributed by atoms with Crippen LogP contribution in [0.2, 0.25) is 5.02 Å². The fraction of sp³-hybridized carbons (Fsp3) is 0.647. The van der Waals surface area contributed by atoms with Gasteiger partial charge in [-0.15, -0.1) is 0 Å². The van der Waals surface area contributed by atoms with Crippen LogP contribution in [0.4, 0.5) is 8.78 Å². The summed E-state index contributed by atoms with van der Waals surface area (Å²) in [6.07, 6.45) is 8.19. The van der Waals surface area contributed by atoms with Crippen molar-refractivity contribution in [3.05, 3.63) is 34.4 Å². The van der Waals surface area contributed by atoms with Crippen molar-refractivity contribution in [1.82, 2.24) is 5.32 Å². The molecule has 0 aliphatic heterocycles. The summed E-state index contributed by atoms with van der Waals surface area (Å²) in [6, 6.07) is 2.39. The Bertz CT molecular complexity index is 456. The lowest BCUT2D eigenvalue weighted by atomic mass is 9.87. The van der Waals surface area contributed by atoms with Crippen molar-refractivity contribution in [3.63, 3.8) is 0 Å². The third-order valence-corrected chi connectivity index (χ3v) is 4.69. The summed E-state index contributed by atoms with van der Waals surface area (Å²) >= 11 is 6.19. The van der Waals surface area contributed by atoms with Gasteiger partial charge in [-0.25, -0.2) is 8.78 Å². The molecular weight excluding hydrogens is 292 g/mol. The number of rotatable bonds is 5. The van der Waals surface area contributed by atoms with Crippen LogP contribution in [0.25, 0.3) is 0 Å². The van der Waals surface area contributed by atoms with Gasteiger partial charge in [0.1, 0.15) is 0 Å². The first kappa shape index (κ1) is 16.7. The van der Waals surface area contributed by atoms with Gasteiger partial charge < -0.3 is 5.32 Å². The summed E-state index contributed by atoms with van der Waals surface area (Å²) in [5.74, 6) is -1.24. The standard InChI is InChI=1S/C17H24ClF2N/c1-2-9-21-17(12-7-5-3-4-6-8-12)13-10-15(19)16(20)11-14(13)18/h10-12,17,21H,2-9H2,1H3. The van der Waals surface area contributed by atoms with E-state index in [1.807, 2.05) is 0 Å². The molecule has 0 aromatic heterocycles. The van der Waals surface area contributed by atoms with Gasteiger partial charge in [0.15, 0.2) is 11.6 Å². The number of hydrogen-bond donors (Lipinski definition) is 1. The largest absolute Gasteiger partial charge is 0.310 e. The predicted octanol–water partition coefficient (Wildman–Crippen LogP) is 5.63. The van der Waals surface area contributed by atoms with E-state index >= 15 is 0 Å². The van der Waals surface area contributed by atoms with Gasteiger partial charge in [-0.2, -0.15) is 0 Å². The molecule has 2 rings (SSSR count). The average Bonchev–Trinajstić information content (AvgIpc) is 2.74. The van der Waals surface area contributed by atoms with Crippen molar-refractivity contribution < 1.29 is 8.78 Å². The Kier molecular flexibility index (Phi) is 6.43. The fourth-order valence-electron chi connectivity index (χ4n) is 3.25. The Morgan fingerprint density at radius 1 is 1.14 bits per heavy atom. The maximum absolute atomic E-state index is 13.6. The van der Waals surface area contributed by atoms with Gasteiger partial charge in [0.25, 0.3) is 0 Å². The highest BCUT2D eigenvalue weighted by molar-refractivity contribution is 6.31. The van der Waals surface area contributed by atoms with Crippen molar-refractivity contribution >= 4 is 11.6 Å². The third-order valence-electron chi connectivity index (χ3n) is 4.36. The van der Waals surface area contributed by atoms with Crippen LogP contribution in [0.15, 0.2) is 12.1 Å². The average molecular weight is 316 g/mol. The van der Waals surface area contributed by atoms with E-state index in [1.54, 1.807) is 0 Å². The van der Waals surface area contributed by atoms with Crippen LogP contribution in [0.1, 0.15) is 63.5 Å². The second kappa shape index (κ2) is 8.09. The first-order valence-corrected chi connectivity index (χ1v) is 8.39. The van der Waals surface area contributed by atoms with Crippen LogP contribution >= 0.6 is 11.6 Å². The van der Waals surface area contributed by atoms with Gasteiger partial charge in [-0.05, 0) is 49.4 Å². The molecule has 0 amide bonds. The molecule has 21 heavy (non-hydrogen) atoms.